The van der Waals surface area contributed by atoms with E-state index in [1.165, 1.54) is 23.9 Å². The number of hydrogen-bond donors (Lipinski definition) is 3. The van der Waals surface area contributed by atoms with Crippen LogP contribution >= 0.6 is 11.8 Å². The van der Waals surface area contributed by atoms with Crippen LogP contribution in [0.1, 0.15) is 26.2 Å². The fraction of sp³-hybridized carbons (Fsp3) is 0.481. The predicted octanol–water partition coefficient (Wildman–Crippen LogP) is 3.59. The van der Waals surface area contributed by atoms with Gasteiger partial charge in [0.1, 0.15) is 18.1 Å². The summed E-state index contributed by atoms with van der Waals surface area (Å²) >= 11 is 1.28. The van der Waals surface area contributed by atoms with Gasteiger partial charge in [0, 0.05) is 67.7 Å². The highest BCUT2D eigenvalue weighted by Gasteiger charge is 2.31. The number of nitrogens with one attached hydrogen (secondary N) is 1. The molecular formula is C27H36F3N9OS. The van der Waals surface area contributed by atoms with E-state index < -0.39 is 18.5 Å². The van der Waals surface area contributed by atoms with Gasteiger partial charge >= 0.3 is 6.18 Å². The zero-order valence-corrected chi connectivity index (χ0v) is 24.0. The van der Waals surface area contributed by atoms with Crippen LogP contribution in [0.3, 0.4) is 0 Å². The van der Waals surface area contributed by atoms with Crippen LogP contribution in [0.4, 0.5) is 30.5 Å². The number of halogens is 3. The summed E-state index contributed by atoms with van der Waals surface area (Å²) in [5, 5.41) is 2.70. The van der Waals surface area contributed by atoms with Gasteiger partial charge in [-0.05, 0) is 68.9 Å². The Morgan fingerprint density at radius 2 is 1.76 bits per heavy atom. The molecule has 0 atom stereocenters. The van der Waals surface area contributed by atoms with Crippen molar-refractivity contribution >= 4 is 40.8 Å². The van der Waals surface area contributed by atoms with Crippen molar-refractivity contribution < 1.29 is 18.0 Å². The van der Waals surface area contributed by atoms with E-state index in [-0.39, 0.29) is 11.5 Å². The first-order chi connectivity index (χ1) is 19.4. The van der Waals surface area contributed by atoms with Crippen LogP contribution in [0, 0.1) is 0 Å². The summed E-state index contributed by atoms with van der Waals surface area (Å²) < 4.78 is 37.4. The number of nitrogens with zero attached hydrogens (tertiary/aromatic N) is 6. The van der Waals surface area contributed by atoms with Crippen molar-refractivity contribution in [2.24, 2.45) is 16.5 Å². The zero-order chi connectivity index (χ0) is 29.6. The lowest BCUT2D eigenvalue weighted by atomic mass is 10.0. The molecule has 0 radical (unpaired) electrons. The first-order valence-electron chi connectivity index (χ1n) is 13.4. The molecule has 2 aliphatic heterocycles. The normalized spacial score (nSPS) is 18.5. The van der Waals surface area contributed by atoms with E-state index >= 15 is 0 Å². The largest absolute Gasteiger partial charge is 0.402 e. The fourth-order valence-corrected chi connectivity index (χ4v) is 5.57. The number of hydrogen-bond acceptors (Lipinski definition) is 9. The summed E-state index contributed by atoms with van der Waals surface area (Å²) in [4.78, 5) is 33.3. The van der Waals surface area contributed by atoms with Gasteiger partial charge in [-0.3, -0.25) is 9.69 Å². The van der Waals surface area contributed by atoms with Crippen molar-refractivity contribution in [2.75, 3.05) is 56.5 Å². The minimum Gasteiger partial charge on any atom is -0.402 e. The number of likely N-dealkylation sites (N-methyl/N-ethyl adjacent to an activating group) is 1. The highest BCUT2D eigenvalue weighted by Crippen LogP contribution is 2.31. The molecule has 0 spiro atoms. The fourth-order valence-electron chi connectivity index (χ4n) is 4.81. The van der Waals surface area contributed by atoms with Crippen LogP contribution in [0.2, 0.25) is 0 Å². The molecule has 0 saturated carbocycles. The monoisotopic (exact) mass is 591 g/mol. The highest BCUT2D eigenvalue weighted by atomic mass is 32.2. The van der Waals surface area contributed by atoms with E-state index in [9.17, 15) is 18.0 Å². The van der Waals surface area contributed by atoms with E-state index in [0.717, 1.165) is 62.8 Å². The molecule has 5 N–H and O–H groups in total. The number of piperazine rings is 1. The van der Waals surface area contributed by atoms with Crippen molar-refractivity contribution in [3.63, 3.8) is 0 Å². The molecule has 1 amide bonds. The maximum Gasteiger partial charge on any atom is 0.397 e. The Hall–Kier alpha value is -3.36. The molecule has 14 heteroatoms. The van der Waals surface area contributed by atoms with Gasteiger partial charge < -0.3 is 26.6 Å². The number of anilines is 2. The number of alkyl halides is 3. The van der Waals surface area contributed by atoms with Crippen LogP contribution in [0.15, 0.2) is 57.1 Å². The van der Waals surface area contributed by atoms with E-state index in [4.69, 9.17) is 16.5 Å². The average Bonchev–Trinajstić information content (AvgIpc) is 2.89. The summed E-state index contributed by atoms with van der Waals surface area (Å²) in [7, 11) is 2.16. The van der Waals surface area contributed by atoms with Gasteiger partial charge in [0.05, 0.1) is 0 Å². The van der Waals surface area contributed by atoms with Gasteiger partial charge in [-0.25, -0.2) is 15.0 Å². The second-order valence-corrected chi connectivity index (χ2v) is 11.4. The van der Waals surface area contributed by atoms with Crippen molar-refractivity contribution in [1.29, 1.82) is 0 Å². The van der Waals surface area contributed by atoms with Crippen LogP contribution in [0.5, 0.6) is 0 Å². The SMILES string of the molecule is C/C(N)=C/C(N)=N/c1cc(N2CCC(N3CCN(C)CC3)CC2)nc(Sc2ccc(NC(=O)CC(F)(F)F)cc2)n1. The summed E-state index contributed by atoms with van der Waals surface area (Å²) in [6.45, 7) is 7.78. The molecule has 1 aromatic carbocycles. The number of allylic oxidation sites excluding steroid dienone is 1. The topological polar surface area (TPSA) is 129 Å². The smallest absolute Gasteiger partial charge is 0.397 e. The molecule has 1 aromatic heterocycles. The molecule has 4 rings (SSSR count). The quantitative estimate of drug-likeness (QED) is 0.240. The maximum absolute atomic E-state index is 12.5. The Bertz CT molecular complexity index is 1250. The number of benzene rings is 1. The summed E-state index contributed by atoms with van der Waals surface area (Å²) in [5.74, 6) is 0.241. The predicted molar refractivity (Wildman–Crippen MR) is 155 cm³/mol. The number of rotatable bonds is 8. The highest BCUT2D eigenvalue weighted by molar-refractivity contribution is 7.99. The molecule has 10 nitrogen and oxygen atoms in total. The molecule has 2 fully saturated rings. The standard InChI is InChI=1S/C27H36F3N9OS/c1-18(31)15-22(32)34-23-16-24(39-9-7-20(8-10-39)38-13-11-37(2)12-14-38)36-26(35-23)41-21-5-3-19(4-6-21)33-25(40)17-27(28,29)30/h3-6,15-16,20H,7-14,17,31H2,1-2H3,(H,33,40)(H2,32,34,35,36)/b18-15-. The van der Waals surface area contributed by atoms with E-state index in [2.05, 4.69) is 37.0 Å². The third-order valence-corrected chi connectivity index (χ3v) is 7.72. The van der Waals surface area contributed by atoms with Crippen molar-refractivity contribution in [3.05, 3.63) is 42.1 Å². The van der Waals surface area contributed by atoms with Gasteiger partial charge in [-0.15, -0.1) is 0 Å². The molecule has 222 valence electrons. The number of nitrogens with two attached hydrogens (primary N) is 2. The van der Waals surface area contributed by atoms with Crippen molar-refractivity contribution in [1.82, 2.24) is 19.8 Å². The van der Waals surface area contributed by atoms with Gasteiger partial charge in [-0.2, -0.15) is 13.2 Å². The minimum atomic E-state index is -4.57. The average molecular weight is 592 g/mol. The summed E-state index contributed by atoms with van der Waals surface area (Å²) in [5.41, 5.74) is 12.6. The van der Waals surface area contributed by atoms with Gasteiger partial charge in [-0.1, -0.05) is 0 Å². The number of amidine groups is 1. The number of aliphatic imine (C=N–C) groups is 1. The second-order valence-electron chi connectivity index (χ2n) is 10.3. The molecule has 2 saturated heterocycles. The molecule has 41 heavy (non-hydrogen) atoms. The lowest BCUT2D eigenvalue weighted by Crippen LogP contribution is -2.52. The molecule has 0 unspecified atom stereocenters. The molecule has 2 aromatic rings. The van der Waals surface area contributed by atoms with Gasteiger partial charge in [0.25, 0.3) is 0 Å². The third-order valence-electron chi connectivity index (χ3n) is 6.85. The summed E-state index contributed by atoms with van der Waals surface area (Å²) in [6, 6.07) is 8.81. The molecule has 0 bridgehead atoms. The number of piperidine rings is 1. The van der Waals surface area contributed by atoms with Crippen LogP contribution in [0.25, 0.3) is 0 Å². The van der Waals surface area contributed by atoms with E-state index in [1.54, 1.807) is 25.1 Å². The van der Waals surface area contributed by atoms with E-state index in [1.807, 2.05) is 6.07 Å². The Balaban J connectivity index is 1.48. The minimum absolute atomic E-state index is 0.221. The Kier molecular flexibility index (Phi) is 10.1. The molecule has 2 aliphatic rings. The molecular weight excluding hydrogens is 555 g/mol. The van der Waals surface area contributed by atoms with Gasteiger partial charge in [0.15, 0.2) is 11.0 Å². The zero-order valence-electron chi connectivity index (χ0n) is 23.2. The molecule has 3 heterocycles. The second kappa shape index (κ2) is 13.5. The maximum atomic E-state index is 12.5. The van der Waals surface area contributed by atoms with Crippen LogP contribution in [-0.4, -0.2) is 90.0 Å². The third kappa shape index (κ3) is 9.61. The van der Waals surface area contributed by atoms with Crippen molar-refractivity contribution in [3.8, 4) is 0 Å². The first kappa shape index (κ1) is 30.6. The Morgan fingerprint density at radius 3 is 2.37 bits per heavy atom. The number of carbonyl (C=O) groups excluding carboxylic acids is 1. The van der Waals surface area contributed by atoms with Crippen LogP contribution in [-0.2, 0) is 4.79 Å². The van der Waals surface area contributed by atoms with Crippen molar-refractivity contribution in [2.45, 2.75) is 48.5 Å². The first-order valence-corrected chi connectivity index (χ1v) is 14.2. The lowest BCUT2D eigenvalue weighted by molar-refractivity contribution is -0.150. The summed E-state index contributed by atoms with van der Waals surface area (Å²) in [6.07, 6.45) is -2.48. The lowest BCUT2D eigenvalue weighted by Gasteiger charge is -2.42. The number of aromatic nitrogens is 2. The van der Waals surface area contributed by atoms with Gasteiger partial charge in [0.2, 0.25) is 5.91 Å². The number of carbonyl (C=O) groups is 1. The number of amides is 1. The Labute approximate surface area is 242 Å². The molecule has 0 aliphatic carbocycles. The van der Waals surface area contributed by atoms with Crippen LogP contribution < -0.4 is 21.7 Å². The van der Waals surface area contributed by atoms with E-state index in [0.29, 0.717) is 22.7 Å². The Morgan fingerprint density at radius 1 is 1.10 bits per heavy atom.